The SMILES string of the molecule is CC(C)(C)OC(=O)NC(C)(C=O)c1c(F)c(F)c(F)c(F)c1F. The molecule has 0 aliphatic rings. The molecule has 0 aliphatic carbocycles. The van der Waals surface area contributed by atoms with Crippen LogP contribution in [0.2, 0.25) is 0 Å². The molecule has 9 heteroatoms. The number of hydrogen-bond acceptors (Lipinski definition) is 3. The monoisotopic (exact) mass is 339 g/mol. The van der Waals surface area contributed by atoms with Crippen LogP contribution in [-0.2, 0) is 15.1 Å². The van der Waals surface area contributed by atoms with Crippen molar-refractivity contribution in [1.29, 1.82) is 0 Å². The molecule has 0 saturated heterocycles. The molecule has 1 rings (SSSR count). The van der Waals surface area contributed by atoms with Crippen molar-refractivity contribution in [3.8, 4) is 0 Å². The quantitative estimate of drug-likeness (QED) is 0.398. The third kappa shape index (κ3) is 3.77. The smallest absolute Gasteiger partial charge is 0.408 e. The summed E-state index contributed by atoms with van der Waals surface area (Å²) in [5.74, 6) is -11.2. The number of alkyl carbamates (subject to hydrolysis) is 1. The second kappa shape index (κ2) is 6.13. The Hall–Kier alpha value is -2.19. The summed E-state index contributed by atoms with van der Waals surface area (Å²) >= 11 is 0. The van der Waals surface area contributed by atoms with Gasteiger partial charge in [-0.2, -0.15) is 0 Å². The number of ether oxygens (including phenoxy) is 1. The summed E-state index contributed by atoms with van der Waals surface area (Å²) in [4.78, 5) is 22.9. The standard InChI is InChI=1S/C14H14F5NO3/c1-13(2,3)23-12(22)20-14(4,5-21)6-7(15)9(17)11(19)10(18)8(6)16/h5H,1-4H3,(H,20,22). The molecule has 1 N–H and O–H groups in total. The lowest BCUT2D eigenvalue weighted by Gasteiger charge is -2.28. The van der Waals surface area contributed by atoms with Crippen molar-refractivity contribution < 1.29 is 36.3 Å². The van der Waals surface area contributed by atoms with Crippen LogP contribution in [0.3, 0.4) is 0 Å². The molecule has 128 valence electrons. The zero-order valence-corrected chi connectivity index (χ0v) is 12.7. The summed E-state index contributed by atoms with van der Waals surface area (Å²) in [6, 6.07) is 0. The van der Waals surface area contributed by atoms with Crippen LogP contribution >= 0.6 is 0 Å². The summed E-state index contributed by atoms with van der Waals surface area (Å²) in [5.41, 5.74) is -5.01. The molecule has 23 heavy (non-hydrogen) atoms. The Morgan fingerprint density at radius 2 is 1.30 bits per heavy atom. The number of amides is 1. The highest BCUT2D eigenvalue weighted by Gasteiger charge is 2.40. The Morgan fingerprint density at radius 1 is 0.913 bits per heavy atom. The molecule has 0 aromatic heterocycles. The predicted molar refractivity (Wildman–Crippen MR) is 69.0 cm³/mol. The van der Waals surface area contributed by atoms with E-state index in [4.69, 9.17) is 4.74 Å². The van der Waals surface area contributed by atoms with Gasteiger partial charge in [-0.3, -0.25) is 0 Å². The maximum absolute atomic E-state index is 13.8. The Labute approximate surface area is 128 Å². The summed E-state index contributed by atoms with van der Waals surface area (Å²) in [6.45, 7) is 5.21. The van der Waals surface area contributed by atoms with Gasteiger partial charge >= 0.3 is 6.09 Å². The summed E-state index contributed by atoms with van der Waals surface area (Å²) in [7, 11) is 0. The molecule has 4 nitrogen and oxygen atoms in total. The lowest BCUT2D eigenvalue weighted by atomic mass is 9.92. The average Bonchev–Trinajstić information content (AvgIpc) is 2.40. The maximum atomic E-state index is 13.8. The second-order valence-electron chi connectivity index (χ2n) is 5.89. The minimum absolute atomic E-state index is 0.158. The number of halogens is 5. The minimum atomic E-state index is -2.52. The molecule has 1 atom stereocenters. The van der Waals surface area contributed by atoms with Crippen LogP contribution in [0.5, 0.6) is 0 Å². The van der Waals surface area contributed by atoms with E-state index < -0.39 is 51.9 Å². The van der Waals surface area contributed by atoms with E-state index >= 15 is 0 Å². The van der Waals surface area contributed by atoms with Gasteiger partial charge in [-0.25, -0.2) is 26.7 Å². The van der Waals surface area contributed by atoms with Gasteiger partial charge in [-0.1, -0.05) is 0 Å². The summed E-state index contributed by atoms with van der Waals surface area (Å²) < 4.78 is 72.0. The van der Waals surface area contributed by atoms with Crippen molar-refractivity contribution in [2.24, 2.45) is 0 Å². The van der Waals surface area contributed by atoms with E-state index in [0.717, 1.165) is 6.92 Å². The lowest BCUT2D eigenvalue weighted by molar-refractivity contribution is -0.113. The van der Waals surface area contributed by atoms with Crippen LogP contribution in [0.15, 0.2) is 0 Å². The number of nitrogens with one attached hydrogen (secondary N) is 1. The van der Waals surface area contributed by atoms with Crippen LogP contribution < -0.4 is 5.32 Å². The van der Waals surface area contributed by atoms with Crippen LogP contribution in [0.25, 0.3) is 0 Å². The van der Waals surface area contributed by atoms with E-state index in [-0.39, 0.29) is 6.29 Å². The molecule has 1 aromatic carbocycles. The van der Waals surface area contributed by atoms with E-state index in [9.17, 15) is 31.5 Å². The van der Waals surface area contributed by atoms with Crippen LogP contribution in [0, 0.1) is 29.1 Å². The molecule has 1 aromatic rings. The fourth-order valence-corrected chi connectivity index (χ4v) is 1.73. The van der Waals surface area contributed by atoms with Gasteiger partial charge in [0.05, 0.1) is 5.56 Å². The van der Waals surface area contributed by atoms with Crippen molar-refractivity contribution in [3.63, 3.8) is 0 Å². The number of aldehydes is 1. The number of rotatable bonds is 3. The third-order valence-corrected chi connectivity index (χ3v) is 2.73. The Bertz CT molecular complexity index is 628. The van der Waals surface area contributed by atoms with Gasteiger partial charge in [-0.15, -0.1) is 0 Å². The zero-order valence-electron chi connectivity index (χ0n) is 12.7. The molecule has 0 aliphatic heterocycles. The fourth-order valence-electron chi connectivity index (χ4n) is 1.73. The van der Waals surface area contributed by atoms with E-state index in [0.29, 0.717) is 0 Å². The van der Waals surface area contributed by atoms with Crippen molar-refractivity contribution in [2.75, 3.05) is 0 Å². The van der Waals surface area contributed by atoms with Gasteiger partial charge in [-0.05, 0) is 27.7 Å². The second-order valence-corrected chi connectivity index (χ2v) is 5.89. The molecular weight excluding hydrogens is 325 g/mol. The van der Waals surface area contributed by atoms with Gasteiger partial charge in [0.2, 0.25) is 5.82 Å². The third-order valence-electron chi connectivity index (χ3n) is 2.73. The van der Waals surface area contributed by atoms with Gasteiger partial charge in [0.1, 0.15) is 17.4 Å². The highest BCUT2D eigenvalue weighted by Crippen LogP contribution is 2.30. The molecular formula is C14H14F5NO3. The van der Waals surface area contributed by atoms with Crippen molar-refractivity contribution in [1.82, 2.24) is 5.32 Å². The molecule has 0 fully saturated rings. The largest absolute Gasteiger partial charge is 0.444 e. The first-order chi connectivity index (χ1) is 10.3. The number of carbonyl (C=O) groups excluding carboxylic acids is 2. The first-order valence-corrected chi connectivity index (χ1v) is 6.33. The molecule has 1 amide bonds. The Morgan fingerprint density at radius 3 is 1.65 bits per heavy atom. The number of hydrogen-bond donors (Lipinski definition) is 1. The van der Waals surface area contributed by atoms with Crippen LogP contribution in [0.4, 0.5) is 26.7 Å². The average molecular weight is 339 g/mol. The van der Waals surface area contributed by atoms with Crippen molar-refractivity contribution in [2.45, 2.75) is 38.8 Å². The van der Waals surface area contributed by atoms with Crippen LogP contribution in [-0.4, -0.2) is 18.0 Å². The lowest BCUT2D eigenvalue weighted by Crippen LogP contribution is -2.48. The van der Waals surface area contributed by atoms with Crippen LogP contribution in [0.1, 0.15) is 33.3 Å². The number of carbonyl (C=O) groups is 2. The molecule has 0 bridgehead atoms. The summed E-state index contributed by atoms with van der Waals surface area (Å²) in [6.07, 6.45) is -1.43. The van der Waals surface area contributed by atoms with Crippen molar-refractivity contribution in [3.05, 3.63) is 34.6 Å². The highest BCUT2D eigenvalue weighted by molar-refractivity contribution is 5.78. The fraction of sp³-hybridized carbons (Fsp3) is 0.429. The van der Waals surface area contributed by atoms with Gasteiger partial charge in [0.15, 0.2) is 23.3 Å². The molecule has 0 heterocycles. The first kappa shape index (κ1) is 18.9. The highest BCUT2D eigenvalue weighted by atomic mass is 19.2. The van der Waals surface area contributed by atoms with Gasteiger partial charge in [0.25, 0.3) is 0 Å². The minimum Gasteiger partial charge on any atom is -0.444 e. The van der Waals surface area contributed by atoms with Crippen molar-refractivity contribution >= 4 is 12.4 Å². The molecule has 0 spiro atoms. The predicted octanol–water partition coefficient (Wildman–Crippen LogP) is 3.32. The Balaban J connectivity index is 3.40. The summed E-state index contributed by atoms with van der Waals surface area (Å²) in [5, 5.41) is 1.81. The van der Waals surface area contributed by atoms with Gasteiger partial charge < -0.3 is 14.8 Å². The normalized spacial score (nSPS) is 14.1. The van der Waals surface area contributed by atoms with Gasteiger partial charge in [0, 0.05) is 0 Å². The molecule has 1 unspecified atom stereocenters. The molecule has 0 saturated carbocycles. The van der Waals surface area contributed by atoms with E-state index in [1.807, 2.05) is 0 Å². The zero-order chi connectivity index (χ0) is 18.2. The van der Waals surface area contributed by atoms with E-state index in [1.54, 1.807) is 5.32 Å². The maximum Gasteiger partial charge on any atom is 0.408 e. The first-order valence-electron chi connectivity index (χ1n) is 6.33. The van der Waals surface area contributed by atoms with E-state index in [1.165, 1.54) is 20.8 Å². The topological polar surface area (TPSA) is 55.4 Å². The number of benzene rings is 1. The Kier molecular flexibility index (Phi) is 5.03. The molecule has 0 radical (unpaired) electrons. The van der Waals surface area contributed by atoms with E-state index in [2.05, 4.69) is 0 Å².